The van der Waals surface area contributed by atoms with E-state index in [0.29, 0.717) is 0 Å². The van der Waals surface area contributed by atoms with Crippen LogP contribution in [-0.2, 0) is 4.74 Å². The lowest BCUT2D eigenvalue weighted by Gasteiger charge is -2.26. The third-order valence-corrected chi connectivity index (χ3v) is 2.38. The highest BCUT2D eigenvalue weighted by Gasteiger charge is 2.29. The van der Waals surface area contributed by atoms with Crippen molar-refractivity contribution in [1.29, 1.82) is 0 Å². The van der Waals surface area contributed by atoms with E-state index in [2.05, 4.69) is 12.2 Å². The first kappa shape index (κ1) is 11.0. The van der Waals surface area contributed by atoms with E-state index < -0.39 is 0 Å². The predicted molar refractivity (Wildman–Crippen MR) is 54.7 cm³/mol. The minimum atomic E-state index is -0.130. The fourth-order valence-corrected chi connectivity index (χ4v) is 1.63. The average molecular weight is 186 g/mol. The summed E-state index contributed by atoms with van der Waals surface area (Å²) in [5.74, 6) is 0. The molecule has 1 atom stereocenters. The summed E-state index contributed by atoms with van der Waals surface area (Å²) >= 11 is 0. The number of ether oxygens (including phenoxy) is 1. The van der Waals surface area contributed by atoms with Crippen LogP contribution in [0.5, 0.6) is 0 Å². The summed E-state index contributed by atoms with van der Waals surface area (Å²) in [5, 5.41) is 3.36. The average Bonchev–Trinajstić information content (AvgIpc) is 2.33. The van der Waals surface area contributed by atoms with Crippen molar-refractivity contribution in [2.24, 2.45) is 5.73 Å². The van der Waals surface area contributed by atoms with Gasteiger partial charge < -0.3 is 15.8 Å². The molecule has 0 amide bonds. The molecule has 1 heterocycles. The molecule has 0 aromatic rings. The highest BCUT2D eigenvalue weighted by molar-refractivity contribution is 4.84. The van der Waals surface area contributed by atoms with Crippen LogP contribution in [0.3, 0.4) is 0 Å². The van der Waals surface area contributed by atoms with Gasteiger partial charge in [0.05, 0.1) is 5.60 Å². The third kappa shape index (κ3) is 4.07. The fraction of sp³-hybridized carbons (Fsp3) is 1.00. The van der Waals surface area contributed by atoms with Crippen molar-refractivity contribution in [3.63, 3.8) is 0 Å². The van der Waals surface area contributed by atoms with Crippen molar-refractivity contribution < 1.29 is 4.74 Å². The van der Waals surface area contributed by atoms with Crippen molar-refractivity contribution in [2.45, 2.75) is 44.8 Å². The second-order valence-corrected chi connectivity index (χ2v) is 4.99. The van der Waals surface area contributed by atoms with Gasteiger partial charge in [-0.25, -0.2) is 0 Å². The molecule has 0 spiro atoms. The summed E-state index contributed by atoms with van der Waals surface area (Å²) in [6, 6.07) is 0. The molecule has 0 aliphatic carbocycles. The van der Waals surface area contributed by atoms with E-state index in [9.17, 15) is 0 Å². The highest BCUT2D eigenvalue weighted by atomic mass is 16.5. The largest absolute Gasteiger partial charge is 0.374 e. The Hall–Kier alpha value is -0.120. The Labute approximate surface area is 81.0 Å². The lowest BCUT2D eigenvalue weighted by Crippen LogP contribution is -2.47. The minimum Gasteiger partial charge on any atom is -0.374 e. The Morgan fingerprint density at radius 1 is 1.54 bits per heavy atom. The maximum atomic E-state index is 5.86. The molecule has 0 radical (unpaired) electrons. The molecule has 0 aromatic carbocycles. The first-order chi connectivity index (χ1) is 5.91. The van der Waals surface area contributed by atoms with E-state index in [0.717, 1.165) is 26.1 Å². The van der Waals surface area contributed by atoms with Gasteiger partial charge in [-0.1, -0.05) is 0 Å². The molecule has 1 rings (SSSR count). The third-order valence-electron chi connectivity index (χ3n) is 2.38. The van der Waals surface area contributed by atoms with Crippen molar-refractivity contribution >= 4 is 0 Å². The van der Waals surface area contributed by atoms with Crippen LogP contribution in [0.15, 0.2) is 0 Å². The molecule has 1 unspecified atom stereocenters. The minimum absolute atomic E-state index is 0.0469. The van der Waals surface area contributed by atoms with E-state index in [1.165, 1.54) is 6.42 Å². The van der Waals surface area contributed by atoms with Gasteiger partial charge in [-0.2, -0.15) is 0 Å². The molecular formula is C10H22N2O. The Morgan fingerprint density at radius 2 is 2.23 bits per heavy atom. The van der Waals surface area contributed by atoms with Crippen molar-refractivity contribution in [3.05, 3.63) is 0 Å². The van der Waals surface area contributed by atoms with Crippen LogP contribution in [0.1, 0.15) is 33.6 Å². The Morgan fingerprint density at radius 3 is 2.69 bits per heavy atom. The van der Waals surface area contributed by atoms with Gasteiger partial charge in [0.15, 0.2) is 0 Å². The zero-order valence-corrected chi connectivity index (χ0v) is 9.02. The van der Waals surface area contributed by atoms with Gasteiger partial charge in [-0.3, -0.25) is 0 Å². The lowest BCUT2D eigenvalue weighted by molar-refractivity contribution is 0.0203. The summed E-state index contributed by atoms with van der Waals surface area (Å²) in [7, 11) is 0. The zero-order chi connectivity index (χ0) is 9.95. The van der Waals surface area contributed by atoms with Gasteiger partial charge >= 0.3 is 0 Å². The number of rotatable bonds is 4. The highest BCUT2D eigenvalue weighted by Crippen LogP contribution is 2.23. The monoisotopic (exact) mass is 186 g/mol. The molecule has 1 saturated heterocycles. The summed E-state index contributed by atoms with van der Waals surface area (Å²) < 4.78 is 5.65. The van der Waals surface area contributed by atoms with E-state index in [-0.39, 0.29) is 11.1 Å². The Bertz CT molecular complexity index is 157. The number of hydrogen-bond donors (Lipinski definition) is 2. The maximum Gasteiger partial charge on any atom is 0.0779 e. The fourth-order valence-electron chi connectivity index (χ4n) is 1.63. The molecule has 0 aromatic heterocycles. The molecule has 13 heavy (non-hydrogen) atoms. The van der Waals surface area contributed by atoms with Crippen LogP contribution in [0.4, 0.5) is 0 Å². The Kier molecular flexibility index (Phi) is 3.33. The summed E-state index contributed by atoms with van der Waals surface area (Å²) in [4.78, 5) is 0. The van der Waals surface area contributed by atoms with Gasteiger partial charge in [-0.15, -0.1) is 0 Å². The van der Waals surface area contributed by atoms with Crippen molar-refractivity contribution in [3.8, 4) is 0 Å². The molecule has 1 aliphatic rings. The second kappa shape index (κ2) is 3.95. The zero-order valence-electron chi connectivity index (χ0n) is 9.02. The summed E-state index contributed by atoms with van der Waals surface area (Å²) in [6.45, 7) is 8.87. The van der Waals surface area contributed by atoms with Crippen molar-refractivity contribution in [1.82, 2.24) is 5.32 Å². The topological polar surface area (TPSA) is 47.3 Å². The van der Waals surface area contributed by atoms with Gasteiger partial charge in [0.1, 0.15) is 0 Å². The first-order valence-electron chi connectivity index (χ1n) is 5.05. The Balaban J connectivity index is 2.18. The quantitative estimate of drug-likeness (QED) is 0.685. The molecule has 0 saturated carbocycles. The van der Waals surface area contributed by atoms with Gasteiger partial charge in [-0.05, 0) is 33.6 Å². The molecule has 3 heteroatoms. The van der Waals surface area contributed by atoms with Crippen LogP contribution < -0.4 is 11.1 Å². The standard InChI is InChI=1S/C10H22N2O/c1-9(2,11)7-12-8-10(3)5-4-6-13-10/h12H,4-8,11H2,1-3H3. The van der Waals surface area contributed by atoms with E-state index >= 15 is 0 Å². The van der Waals surface area contributed by atoms with Crippen molar-refractivity contribution in [2.75, 3.05) is 19.7 Å². The van der Waals surface area contributed by atoms with E-state index in [4.69, 9.17) is 10.5 Å². The van der Waals surface area contributed by atoms with Gasteiger partial charge in [0, 0.05) is 25.2 Å². The van der Waals surface area contributed by atoms with Crippen LogP contribution in [0, 0.1) is 0 Å². The number of hydrogen-bond acceptors (Lipinski definition) is 3. The van der Waals surface area contributed by atoms with Gasteiger partial charge in [0.2, 0.25) is 0 Å². The molecule has 3 nitrogen and oxygen atoms in total. The van der Waals surface area contributed by atoms with E-state index in [1.54, 1.807) is 0 Å². The van der Waals surface area contributed by atoms with Gasteiger partial charge in [0.25, 0.3) is 0 Å². The molecule has 0 bridgehead atoms. The number of nitrogens with two attached hydrogens (primary N) is 1. The lowest BCUT2D eigenvalue weighted by atomic mass is 10.0. The smallest absolute Gasteiger partial charge is 0.0779 e. The molecule has 1 fully saturated rings. The summed E-state index contributed by atoms with van der Waals surface area (Å²) in [6.07, 6.45) is 2.34. The molecule has 78 valence electrons. The summed E-state index contributed by atoms with van der Waals surface area (Å²) in [5.41, 5.74) is 5.78. The van der Waals surface area contributed by atoms with Crippen LogP contribution in [0.25, 0.3) is 0 Å². The molecular weight excluding hydrogens is 164 g/mol. The normalized spacial score (nSPS) is 29.5. The molecule has 3 N–H and O–H groups in total. The SMILES string of the molecule is CC(C)(N)CNCC1(C)CCCO1. The second-order valence-electron chi connectivity index (χ2n) is 4.99. The molecule has 1 aliphatic heterocycles. The first-order valence-corrected chi connectivity index (χ1v) is 5.05. The predicted octanol–water partition coefficient (Wildman–Crippen LogP) is 0.882. The van der Waals surface area contributed by atoms with Crippen LogP contribution in [-0.4, -0.2) is 30.8 Å². The van der Waals surface area contributed by atoms with Crippen LogP contribution >= 0.6 is 0 Å². The maximum absolute atomic E-state index is 5.86. The van der Waals surface area contributed by atoms with E-state index in [1.807, 2.05) is 13.8 Å². The number of nitrogens with one attached hydrogen (secondary N) is 1. The van der Waals surface area contributed by atoms with Crippen LogP contribution in [0.2, 0.25) is 0 Å².